The highest BCUT2D eigenvalue weighted by Gasteiger charge is 2.35. The van der Waals surface area contributed by atoms with Crippen molar-refractivity contribution in [3.63, 3.8) is 0 Å². The molecular formula is C9H16O3. The maximum absolute atomic E-state index is 10.5. The third-order valence-corrected chi connectivity index (χ3v) is 2.90. The van der Waals surface area contributed by atoms with Gasteiger partial charge in [0.05, 0.1) is 0 Å². The van der Waals surface area contributed by atoms with E-state index in [4.69, 9.17) is 5.11 Å². The van der Waals surface area contributed by atoms with Crippen molar-refractivity contribution < 1.29 is 15.0 Å². The van der Waals surface area contributed by atoms with E-state index in [0.29, 0.717) is 5.92 Å². The van der Waals surface area contributed by atoms with Gasteiger partial charge in [0.1, 0.15) is 0 Å². The normalized spacial score (nSPS) is 31.8. The first kappa shape index (κ1) is 9.52. The van der Waals surface area contributed by atoms with E-state index in [-0.39, 0.29) is 5.92 Å². The minimum absolute atomic E-state index is 0.00694. The first-order chi connectivity index (χ1) is 5.66. The largest absolute Gasteiger partial charge is 0.479 e. The van der Waals surface area contributed by atoms with Gasteiger partial charge in [-0.2, -0.15) is 0 Å². The number of hydrogen-bond donors (Lipinski definition) is 2. The van der Waals surface area contributed by atoms with Gasteiger partial charge in [-0.1, -0.05) is 26.2 Å². The van der Waals surface area contributed by atoms with Gasteiger partial charge in [-0.3, -0.25) is 0 Å². The lowest BCUT2D eigenvalue weighted by Crippen LogP contribution is -2.31. The predicted octanol–water partition coefficient (Wildman–Crippen LogP) is 1.26. The van der Waals surface area contributed by atoms with Crippen molar-refractivity contribution >= 4 is 5.97 Å². The van der Waals surface area contributed by atoms with E-state index in [2.05, 4.69) is 6.92 Å². The van der Waals surface area contributed by atoms with Crippen LogP contribution in [-0.4, -0.2) is 22.3 Å². The number of aliphatic hydroxyl groups excluding tert-OH is 1. The van der Waals surface area contributed by atoms with Crippen LogP contribution in [0.4, 0.5) is 0 Å². The highest BCUT2D eigenvalue weighted by molar-refractivity contribution is 5.72. The number of carboxylic acid groups (broad SMARTS) is 1. The van der Waals surface area contributed by atoms with E-state index in [1.807, 2.05) is 0 Å². The van der Waals surface area contributed by atoms with Gasteiger partial charge in [0.25, 0.3) is 0 Å². The maximum Gasteiger partial charge on any atom is 0.332 e. The van der Waals surface area contributed by atoms with Crippen LogP contribution in [0, 0.1) is 11.8 Å². The minimum atomic E-state index is -1.14. The highest BCUT2D eigenvalue weighted by atomic mass is 16.4. The highest BCUT2D eigenvalue weighted by Crippen LogP contribution is 2.36. The van der Waals surface area contributed by atoms with Gasteiger partial charge in [-0.25, -0.2) is 4.79 Å². The zero-order valence-electron chi connectivity index (χ0n) is 7.36. The number of carboxylic acids is 1. The van der Waals surface area contributed by atoms with Crippen LogP contribution in [0.2, 0.25) is 0 Å². The first-order valence-electron chi connectivity index (χ1n) is 4.57. The molecule has 0 aromatic carbocycles. The summed E-state index contributed by atoms with van der Waals surface area (Å²) in [6.07, 6.45) is 2.84. The van der Waals surface area contributed by atoms with Crippen LogP contribution in [-0.2, 0) is 4.79 Å². The van der Waals surface area contributed by atoms with Crippen LogP contribution in [0.25, 0.3) is 0 Å². The molecule has 1 aliphatic carbocycles. The van der Waals surface area contributed by atoms with Gasteiger partial charge in [0, 0.05) is 0 Å². The molecule has 2 N–H and O–H groups in total. The summed E-state index contributed by atoms with van der Waals surface area (Å²) in [7, 11) is 0. The minimum Gasteiger partial charge on any atom is -0.479 e. The summed E-state index contributed by atoms with van der Waals surface area (Å²) in [5, 5.41) is 17.9. The van der Waals surface area contributed by atoms with Crippen molar-refractivity contribution in [1.29, 1.82) is 0 Å². The second-order valence-electron chi connectivity index (χ2n) is 3.55. The van der Waals surface area contributed by atoms with E-state index >= 15 is 0 Å². The molecule has 0 saturated heterocycles. The summed E-state index contributed by atoms with van der Waals surface area (Å²) in [6, 6.07) is 0. The Balaban J connectivity index is 2.55. The summed E-state index contributed by atoms with van der Waals surface area (Å²) in [4.78, 5) is 10.5. The second-order valence-corrected chi connectivity index (χ2v) is 3.55. The average molecular weight is 172 g/mol. The molecule has 0 aliphatic heterocycles. The van der Waals surface area contributed by atoms with Crippen LogP contribution in [0.15, 0.2) is 0 Å². The summed E-state index contributed by atoms with van der Waals surface area (Å²) in [5.41, 5.74) is 0. The predicted molar refractivity (Wildman–Crippen MR) is 44.8 cm³/mol. The van der Waals surface area contributed by atoms with Crippen LogP contribution < -0.4 is 0 Å². The van der Waals surface area contributed by atoms with Gasteiger partial charge in [0.15, 0.2) is 6.10 Å². The standard InChI is InChI=1S/C9H16O3/c1-2-6-4-3-5-7(6)8(10)9(11)12/h6-8,10H,2-5H2,1H3,(H,11,12). The van der Waals surface area contributed by atoms with Crippen molar-refractivity contribution in [2.45, 2.75) is 38.7 Å². The SMILES string of the molecule is CCC1CCCC1C(O)C(=O)O. The number of hydrogen-bond acceptors (Lipinski definition) is 2. The molecule has 1 fully saturated rings. The first-order valence-corrected chi connectivity index (χ1v) is 4.57. The third kappa shape index (κ3) is 1.78. The summed E-state index contributed by atoms with van der Waals surface area (Å²) < 4.78 is 0. The lowest BCUT2D eigenvalue weighted by molar-refractivity contribution is -0.150. The molecule has 0 amide bonds. The monoisotopic (exact) mass is 172 g/mol. The Hall–Kier alpha value is -0.570. The Bertz CT molecular complexity index is 167. The Morgan fingerprint density at radius 3 is 2.75 bits per heavy atom. The Kier molecular flexibility index (Phi) is 3.09. The van der Waals surface area contributed by atoms with Gasteiger partial charge in [-0.15, -0.1) is 0 Å². The quantitative estimate of drug-likeness (QED) is 0.673. The van der Waals surface area contributed by atoms with Crippen LogP contribution in [0.5, 0.6) is 0 Å². The van der Waals surface area contributed by atoms with E-state index in [1.165, 1.54) is 0 Å². The van der Waals surface area contributed by atoms with Crippen LogP contribution >= 0.6 is 0 Å². The molecule has 12 heavy (non-hydrogen) atoms. The fourth-order valence-corrected chi connectivity index (χ4v) is 2.17. The molecule has 0 aromatic heterocycles. The van der Waals surface area contributed by atoms with Crippen molar-refractivity contribution in [2.24, 2.45) is 11.8 Å². The smallest absolute Gasteiger partial charge is 0.332 e. The lowest BCUT2D eigenvalue weighted by Gasteiger charge is -2.20. The molecule has 0 radical (unpaired) electrons. The lowest BCUT2D eigenvalue weighted by atomic mass is 9.89. The van der Waals surface area contributed by atoms with E-state index < -0.39 is 12.1 Å². The fourth-order valence-electron chi connectivity index (χ4n) is 2.17. The molecule has 3 atom stereocenters. The van der Waals surface area contributed by atoms with Gasteiger partial charge in [0.2, 0.25) is 0 Å². The number of rotatable bonds is 3. The van der Waals surface area contributed by atoms with Crippen molar-refractivity contribution in [1.82, 2.24) is 0 Å². The molecule has 3 heteroatoms. The summed E-state index contributed by atoms with van der Waals surface area (Å²) in [5.74, 6) is -0.663. The average Bonchev–Trinajstić information content (AvgIpc) is 2.49. The number of aliphatic carboxylic acids is 1. The summed E-state index contributed by atoms with van der Waals surface area (Å²) in [6.45, 7) is 2.05. The Morgan fingerprint density at radius 2 is 2.25 bits per heavy atom. The molecule has 70 valence electrons. The fraction of sp³-hybridized carbons (Fsp3) is 0.889. The molecule has 1 aliphatic rings. The van der Waals surface area contributed by atoms with Crippen molar-refractivity contribution in [3.8, 4) is 0 Å². The Labute approximate surface area is 72.4 Å². The van der Waals surface area contributed by atoms with E-state index in [9.17, 15) is 9.90 Å². The zero-order valence-corrected chi connectivity index (χ0v) is 7.36. The van der Waals surface area contributed by atoms with Gasteiger partial charge in [-0.05, 0) is 18.3 Å². The summed E-state index contributed by atoms with van der Waals surface area (Å²) >= 11 is 0. The van der Waals surface area contributed by atoms with Crippen molar-refractivity contribution in [3.05, 3.63) is 0 Å². The molecule has 0 aromatic rings. The molecular weight excluding hydrogens is 156 g/mol. The van der Waals surface area contributed by atoms with Crippen molar-refractivity contribution in [2.75, 3.05) is 0 Å². The molecule has 0 bridgehead atoms. The van der Waals surface area contributed by atoms with Gasteiger partial charge >= 0.3 is 5.97 Å². The topological polar surface area (TPSA) is 57.5 Å². The number of carbonyl (C=O) groups is 1. The van der Waals surface area contributed by atoms with E-state index in [0.717, 1.165) is 25.7 Å². The zero-order chi connectivity index (χ0) is 9.14. The number of aliphatic hydroxyl groups is 1. The van der Waals surface area contributed by atoms with Gasteiger partial charge < -0.3 is 10.2 Å². The molecule has 3 nitrogen and oxygen atoms in total. The maximum atomic E-state index is 10.5. The van der Waals surface area contributed by atoms with Crippen LogP contribution in [0.3, 0.4) is 0 Å². The molecule has 1 rings (SSSR count). The molecule has 0 heterocycles. The van der Waals surface area contributed by atoms with Crippen LogP contribution in [0.1, 0.15) is 32.6 Å². The Morgan fingerprint density at radius 1 is 1.58 bits per heavy atom. The molecule has 1 saturated carbocycles. The van der Waals surface area contributed by atoms with E-state index in [1.54, 1.807) is 0 Å². The second kappa shape index (κ2) is 3.90. The molecule has 3 unspecified atom stereocenters. The molecule has 0 spiro atoms. The third-order valence-electron chi connectivity index (χ3n) is 2.90.